The number of hydrogen-bond donors (Lipinski definition) is 1. The van der Waals surface area contributed by atoms with Crippen molar-refractivity contribution in [2.45, 2.75) is 18.6 Å². The average molecular weight is 261 g/mol. The van der Waals surface area contributed by atoms with Crippen LogP contribution in [-0.4, -0.2) is 21.0 Å². The molecule has 1 unspecified atom stereocenters. The summed E-state index contributed by atoms with van der Waals surface area (Å²) in [5.41, 5.74) is 0.845. The van der Waals surface area contributed by atoms with Gasteiger partial charge >= 0.3 is 5.97 Å². The topological polar surface area (TPSA) is 54.4 Å². The van der Waals surface area contributed by atoms with E-state index in [1.54, 1.807) is 6.07 Å². The monoisotopic (exact) mass is 260 g/mol. The molecule has 0 saturated heterocycles. The minimum atomic E-state index is -1.05. The first-order valence-corrected chi connectivity index (χ1v) is 6.76. The molecule has 0 spiro atoms. The van der Waals surface area contributed by atoms with Crippen LogP contribution in [0.15, 0.2) is 24.3 Å². The normalized spacial score (nSPS) is 12.3. The van der Waals surface area contributed by atoms with Gasteiger partial charge in [0.15, 0.2) is 0 Å². The Morgan fingerprint density at radius 3 is 2.69 bits per heavy atom. The fraction of sp³-hybridized carbons (Fsp3) is 0.364. The highest BCUT2D eigenvalue weighted by Gasteiger charge is 2.06. The fourth-order valence-corrected chi connectivity index (χ4v) is 2.74. The van der Waals surface area contributed by atoms with E-state index in [1.165, 1.54) is 0 Å². The molecule has 0 fully saturated rings. The van der Waals surface area contributed by atoms with Crippen molar-refractivity contribution in [1.29, 1.82) is 0 Å². The number of carbonyl (C=O) groups is 1. The number of carboxylic acids is 1. The van der Waals surface area contributed by atoms with Gasteiger partial charge in [0.2, 0.25) is 0 Å². The maximum Gasteiger partial charge on any atom is 0.303 e. The largest absolute Gasteiger partial charge is 0.481 e. The van der Waals surface area contributed by atoms with Crippen molar-refractivity contribution in [3.63, 3.8) is 0 Å². The highest BCUT2D eigenvalue weighted by molar-refractivity contribution is 7.84. The summed E-state index contributed by atoms with van der Waals surface area (Å²) in [4.78, 5) is 10.3. The summed E-state index contributed by atoms with van der Waals surface area (Å²) in [6, 6.07) is 7.25. The summed E-state index contributed by atoms with van der Waals surface area (Å²) in [5, 5.41) is 9.05. The lowest BCUT2D eigenvalue weighted by molar-refractivity contribution is -0.137. The third kappa shape index (κ3) is 4.77. The van der Waals surface area contributed by atoms with Crippen LogP contribution in [0.4, 0.5) is 0 Å². The van der Waals surface area contributed by atoms with E-state index in [0.717, 1.165) is 5.56 Å². The number of rotatable bonds is 6. The zero-order valence-corrected chi connectivity index (χ0v) is 10.3. The number of benzene rings is 1. The first-order valence-electron chi connectivity index (χ1n) is 4.90. The Kier molecular flexibility index (Phi) is 5.49. The van der Waals surface area contributed by atoms with E-state index in [9.17, 15) is 9.00 Å². The zero-order chi connectivity index (χ0) is 12.0. The van der Waals surface area contributed by atoms with Crippen LogP contribution in [0.3, 0.4) is 0 Å². The fourth-order valence-electron chi connectivity index (χ4n) is 1.25. The molecule has 1 N–H and O–H groups in total. The van der Waals surface area contributed by atoms with Crippen molar-refractivity contribution in [1.82, 2.24) is 0 Å². The molecular weight excluding hydrogens is 248 g/mol. The quantitative estimate of drug-likeness (QED) is 0.855. The molecule has 0 amide bonds. The molecule has 0 aliphatic rings. The van der Waals surface area contributed by atoms with Crippen molar-refractivity contribution >= 4 is 28.4 Å². The summed E-state index contributed by atoms with van der Waals surface area (Å²) in [6.45, 7) is 0. The van der Waals surface area contributed by atoms with Gasteiger partial charge in [0, 0.05) is 33.7 Å². The maximum absolute atomic E-state index is 11.6. The molecular formula is C11H13ClO3S. The number of halogens is 1. The second kappa shape index (κ2) is 6.66. The smallest absolute Gasteiger partial charge is 0.303 e. The van der Waals surface area contributed by atoms with Crippen molar-refractivity contribution in [2.24, 2.45) is 0 Å². The van der Waals surface area contributed by atoms with Crippen LogP contribution >= 0.6 is 11.6 Å². The highest BCUT2D eigenvalue weighted by Crippen LogP contribution is 2.16. The zero-order valence-electron chi connectivity index (χ0n) is 8.69. The van der Waals surface area contributed by atoms with Crippen LogP contribution < -0.4 is 0 Å². The molecule has 88 valence electrons. The summed E-state index contributed by atoms with van der Waals surface area (Å²) in [7, 11) is -1.05. The molecule has 0 aromatic heterocycles. The van der Waals surface area contributed by atoms with E-state index in [2.05, 4.69) is 0 Å². The second-order valence-corrected chi connectivity index (χ2v) is 5.36. The van der Waals surface area contributed by atoms with E-state index in [0.29, 0.717) is 22.9 Å². The molecule has 1 aromatic carbocycles. The van der Waals surface area contributed by atoms with Gasteiger partial charge in [-0.3, -0.25) is 9.00 Å². The third-order valence-corrected chi connectivity index (χ3v) is 3.78. The summed E-state index contributed by atoms with van der Waals surface area (Å²) in [6.07, 6.45) is 0.501. The van der Waals surface area contributed by atoms with Crippen LogP contribution in [0.2, 0.25) is 5.02 Å². The second-order valence-electron chi connectivity index (χ2n) is 3.38. The van der Waals surface area contributed by atoms with Gasteiger partial charge in [-0.05, 0) is 18.1 Å². The van der Waals surface area contributed by atoms with Gasteiger partial charge in [0.1, 0.15) is 0 Å². The molecule has 16 heavy (non-hydrogen) atoms. The molecule has 1 atom stereocenters. The van der Waals surface area contributed by atoms with E-state index in [-0.39, 0.29) is 6.42 Å². The van der Waals surface area contributed by atoms with Gasteiger partial charge in [-0.1, -0.05) is 29.8 Å². The first kappa shape index (κ1) is 13.2. The first-order chi connectivity index (χ1) is 7.59. The van der Waals surface area contributed by atoms with Crippen molar-refractivity contribution in [2.75, 3.05) is 5.75 Å². The number of aliphatic carboxylic acids is 1. The van der Waals surface area contributed by atoms with Crippen LogP contribution in [0.5, 0.6) is 0 Å². The van der Waals surface area contributed by atoms with Crippen LogP contribution in [-0.2, 0) is 21.3 Å². The molecule has 1 aromatic rings. The van der Waals surface area contributed by atoms with Crippen molar-refractivity contribution in [3.8, 4) is 0 Å². The standard InChI is InChI=1S/C11H13ClO3S/c12-10-5-2-1-4-9(10)8-16(15)7-3-6-11(13)14/h1-2,4-5H,3,6-8H2,(H,13,14). The number of hydrogen-bond acceptors (Lipinski definition) is 2. The average Bonchev–Trinajstić information content (AvgIpc) is 2.21. The highest BCUT2D eigenvalue weighted by atomic mass is 35.5. The molecule has 0 saturated carbocycles. The lowest BCUT2D eigenvalue weighted by Gasteiger charge is -2.03. The predicted octanol–water partition coefficient (Wildman–Crippen LogP) is 2.45. The van der Waals surface area contributed by atoms with Gasteiger partial charge in [-0.25, -0.2) is 0 Å². The SMILES string of the molecule is O=C(O)CCCS(=O)Cc1ccccc1Cl. The van der Waals surface area contributed by atoms with E-state index < -0.39 is 16.8 Å². The molecule has 0 aliphatic heterocycles. The Bertz CT molecular complexity index is 393. The van der Waals surface area contributed by atoms with Crippen LogP contribution in [0.25, 0.3) is 0 Å². The lowest BCUT2D eigenvalue weighted by atomic mass is 10.2. The Morgan fingerprint density at radius 1 is 1.38 bits per heavy atom. The molecule has 0 bridgehead atoms. The van der Waals surface area contributed by atoms with Crippen LogP contribution in [0, 0.1) is 0 Å². The van der Waals surface area contributed by atoms with Gasteiger partial charge in [0.05, 0.1) is 0 Å². The van der Waals surface area contributed by atoms with Crippen LogP contribution in [0.1, 0.15) is 18.4 Å². The molecule has 5 heteroatoms. The predicted molar refractivity (Wildman–Crippen MR) is 65.0 cm³/mol. The third-order valence-electron chi connectivity index (χ3n) is 2.04. The maximum atomic E-state index is 11.6. The van der Waals surface area contributed by atoms with Gasteiger partial charge in [-0.2, -0.15) is 0 Å². The Hall–Kier alpha value is -0.870. The summed E-state index contributed by atoms with van der Waals surface area (Å²) in [5.74, 6) is -0.0636. The summed E-state index contributed by atoms with van der Waals surface area (Å²) >= 11 is 5.92. The lowest BCUT2D eigenvalue weighted by Crippen LogP contribution is -2.04. The molecule has 0 radical (unpaired) electrons. The molecule has 3 nitrogen and oxygen atoms in total. The molecule has 0 aliphatic carbocycles. The van der Waals surface area contributed by atoms with E-state index in [1.807, 2.05) is 18.2 Å². The van der Waals surface area contributed by atoms with Gasteiger partial charge in [0.25, 0.3) is 0 Å². The van der Waals surface area contributed by atoms with Crippen molar-refractivity contribution in [3.05, 3.63) is 34.9 Å². The molecule has 0 heterocycles. The Labute approximate surface area is 102 Å². The summed E-state index contributed by atoms with van der Waals surface area (Å²) < 4.78 is 11.6. The Balaban J connectivity index is 2.40. The Morgan fingerprint density at radius 2 is 2.06 bits per heavy atom. The van der Waals surface area contributed by atoms with Gasteiger partial charge < -0.3 is 5.11 Å². The molecule has 1 rings (SSSR count). The van der Waals surface area contributed by atoms with E-state index >= 15 is 0 Å². The minimum absolute atomic E-state index is 0.0638. The van der Waals surface area contributed by atoms with E-state index in [4.69, 9.17) is 16.7 Å². The minimum Gasteiger partial charge on any atom is -0.481 e. The van der Waals surface area contributed by atoms with Gasteiger partial charge in [-0.15, -0.1) is 0 Å². The number of carboxylic acid groups (broad SMARTS) is 1. The van der Waals surface area contributed by atoms with Crippen molar-refractivity contribution < 1.29 is 14.1 Å².